The Morgan fingerprint density at radius 1 is 1.11 bits per heavy atom. The van der Waals surface area contributed by atoms with Gasteiger partial charge in [0.2, 0.25) is 0 Å². The maximum Gasteiger partial charge on any atom is 0.307 e. The highest BCUT2D eigenvalue weighted by molar-refractivity contribution is 6.30. The molecule has 2 nitrogen and oxygen atoms in total. The predicted molar refractivity (Wildman–Crippen MR) is 68.1 cm³/mol. The molecule has 98 valence electrons. The van der Waals surface area contributed by atoms with Gasteiger partial charge >= 0.3 is 5.97 Å². The highest BCUT2D eigenvalue weighted by Gasteiger charge is 2.11. The Morgan fingerprint density at radius 2 is 1.84 bits per heavy atom. The minimum absolute atomic E-state index is 0.167. The molecule has 0 spiro atoms. The second-order valence-corrected chi connectivity index (χ2v) is 4.47. The number of carboxylic acids is 1. The molecule has 2 rings (SSSR count). The van der Waals surface area contributed by atoms with Crippen molar-refractivity contribution in [3.63, 3.8) is 0 Å². The molecule has 0 heterocycles. The molecule has 0 saturated heterocycles. The standard InChI is InChI=1S/C14H9ClF2O2/c15-10-3-9(4-12(17)6-10)13-7-11(16)2-1-8(13)5-14(18)19/h1-4,6-7H,5H2,(H,18,19). The van der Waals surface area contributed by atoms with Crippen molar-refractivity contribution in [2.24, 2.45) is 0 Å². The van der Waals surface area contributed by atoms with Gasteiger partial charge in [-0.3, -0.25) is 4.79 Å². The second-order valence-electron chi connectivity index (χ2n) is 4.03. The fraction of sp³-hybridized carbons (Fsp3) is 0.0714. The van der Waals surface area contributed by atoms with Crippen molar-refractivity contribution < 1.29 is 18.7 Å². The first kappa shape index (κ1) is 13.5. The average Bonchev–Trinajstić information content (AvgIpc) is 2.29. The third-order valence-electron chi connectivity index (χ3n) is 2.59. The lowest BCUT2D eigenvalue weighted by atomic mass is 9.97. The maximum atomic E-state index is 13.3. The zero-order valence-electron chi connectivity index (χ0n) is 9.66. The lowest BCUT2D eigenvalue weighted by Gasteiger charge is -2.09. The van der Waals surface area contributed by atoms with Crippen LogP contribution in [0.25, 0.3) is 11.1 Å². The zero-order chi connectivity index (χ0) is 14.0. The van der Waals surface area contributed by atoms with Crippen molar-refractivity contribution in [2.45, 2.75) is 6.42 Å². The van der Waals surface area contributed by atoms with Crippen molar-refractivity contribution in [1.29, 1.82) is 0 Å². The van der Waals surface area contributed by atoms with Crippen LogP contribution in [0.2, 0.25) is 5.02 Å². The summed E-state index contributed by atoms with van der Waals surface area (Å²) < 4.78 is 26.6. The van der Waals surface area contributed by atoms with Gasteiger partial charge in [-0.15, -0.1) is 0 Å². The summed E-state index contributed by atoms with van der Waals surface area (Å²) in [5.74, 6) is -2.13. The molecule has 0 aliphatic rings. The Bertz CT molecular complexity index is 621. The van der Waals surface area contributed by atoms with Gasteiger partial charge in [-0.25, -0.2) is 8.78 Å². The van der Waals surface area contributed by atoms with E-state index in [1.165, 1.54) is 30.3 Å². The molecule has 19 heavy (non-hydrogen) atoms. The Labute approximate surface area is 113 Å². The Kier molecular flexibility index (Phi) is 3.81. The van der Waals surface area contributed by atoms with Crippen molar-refractivity contribution in [3.05, 3.63) is 58.6 Å². The van der Waals surface area contributed by atoms with Crippen LogP contribution in [0.5, 0.6) is 0 Å². The smallest absolute Gasteiger partial charge is 0.307 e. The summed E-state index contributed by atoms with van der Waals surface area (Å²) in [5, 5.41) is 8.99. The third kappa shape index (κ3) is 3.29. The van der Waals surface area contributed by atoms with E-state index in [1.807, 2.05) is 0 Å². The van der Waals surface area contributed by atoms with Crippen LogP contribution in [0.3, 0.4) is 0 Å². The van der Waals surface area contributed by atoms with Crippen LogP contribution in [0.4, 0.5) is 8.78 Å². The molecule has 0 aromatic heterocycles. The van der Waals surface area contributed by atoms with Gasteiger partial charge in [0, 0.05) is 5.02 Å². The first-order valence-corrected chi connectivity index (χ1v) is 5.80. The van der Waals surface area contributed by atoms with Crippen LogP contribution >= 0.6 is 11.6 Å². The topological polar surface area (TPSA) is 37.3 Å². The van der Waals surface area contributed by atoms with Crippen molar-refractivity contribution in [3.8, 4) is 11.1 Å². The number of benzene rings is 2. The summed E-state index contributed by atoms with van der Waals surface area (Å²) in [6.07, 6.45) is -0.274. The summed E-state index contributed by atoms with van der Waals surface area (Å²) in [6, 6.07) is 7.49. The Balaban J connectivity index is 2.58. The average molecular weight is 283 g/mol. The monoisotopic (exact) mass is 282 g/mol. The molecular weight excluding hydrogens is 274 g/mol. The number of hydrogen-bond donors (Lipinski definition) is 1. The molecule has 2 aromatic carbocycles. The van der Waals surface area contributed by atoms with E-state index < -0.39 is 17.6 Å². The molecule has 0 saturated carbocycles. The quantitative estimate of drug-likeness (QED) is 0.926. The highest BCUT2D eigenvalue weighted by atomic mass is 35.5. The van der Waals surface area contributed by atoms with E-state index in [4.69, 9.17) is 16.7 Å². The molecule has 0 radical (unpaired) electrons. The van der Waals surface area contributed by atoms with E-state index in [2.05, 4.69) is 0 Å². The lowest BCUT2D eigenvalue weighted by Crippen LogP contribution is -2.02. The SMILES string of the molecule is O=C(O)Cc1ccc(F)cc1-c1cc(F)cc(Cl)c1. The minimum atomic E-state index is -1.05. The Morgan fingerprint density at radius 3 is 2.47 bits per heavy atom. The van der Waals surface area contributed by atoms with Gasteiger partial charge in [-0.05, 0) is 47.0 Å². The van der Waals surface area contributed by atoms with Crippen LogP contribution in [0.15, 0.2) is 36.4 Å². The predicted octanol–water partition coefficient (Wildman–Crippen LogP) is 3.91. The number of carbonyl (C=O) groups is 1. The summed E-state index contributed by atoms with van der Waals surface area (Å²) in [4.78, 5) is 10.8. The number of hydrogen-bond acceptors (Lipinski definition) is 1. The van der Waals surface area contributed by atoms with Gasteiger partial charge in [0.15, 0.2) is 0 Å². The van der Waals surface area contributed by atoms with E-state index in [9.17, 15) is 13.6 Å². The van der Waals surface area contributed by atoms with E-state index in [0.29, 0.717) is 16.7 Å². The van der Waals surface area contributed by atoms with E-state index in [0.717, 1.165) is 6.07 Å². The van der Waals surface area contributed by atoms with Crippen LogP contribution in [0, 0.1) is 11.6 Å². The molecule has 0 unspecified atom stereocenters. The van der Waals surface area contributed by atoms with E-state index in [1.54, 1.807) is 0 Å². The second kappa shape index (κ2) is 5.36. The fourth-order valence-corrected chi connectivity index (χ4v) is 2.07. The normalized spacial score (nSPS) is 10.5. The van der Waals surface area contributed by atoms with Crippen molar-refractivity contribution >= 4 is 17.6 Å². The number of carboxylic acid groups (broad SMARTS) is 1. The van der Waals surface area contributed by atoms with Gasteiger partial charge in [-0.1, -0.05) is 17.7 Å². The first-order valence-electron chi connectivity index (χ1n) is 5.42. The van der Waals surface area contributed by atoms with Crippen molar-refractivity contribution in [1.82, 2.24) is 0 Å². The van der Waals surface area contributed by atoms with Gasteiger partial charge < -0.3 is 5.11 Å². The van der Waals surface area contributed by atoms with Crippen LogP contribution in [-0.4, -0.2) is 11.1 Å². The van der Waals surface area contributed by atoms with Gasteiger partial charge in [0.25, 0.3) is 0 Å². The van der Waals surface area contributed by atoms with Gasteiger partial charge in [0.1, 0.15) is 11.6 Å². The minimum Gasteiger partial charge on any atom is -0.481 e. The van der Waals surface area contributed by atoms with Crippen LogP contribution in [0.1, 0.15) is 5.56 Å². The fourth-order valence-electron chi connectivity index (χ4n) is 1.84. The Hall–Kier alpha value is -1.94. The van der Waals surface area contributed by atoms with Crippen LogP contribution in [-0.2, 0) is 11.2 Å². The largest absolute Gasteiger partial charge is 0.481 e. The molecule has 0 amide bonds. The molecule has 0 bridgehead atoms. The summed E-state index contributed by atoms with van der Waals surface area (Å²) >= 11 is 5.75. The molecular formula is C14H9ClF2O2. The highest BCUT2D eigenvalue weighted by Crippen LogP contribution is 2.28. The molecule has 0 atom stereocenters. The van der Waals surface area contributed by atoms with Crippen LogP contribution < -0.4 is 0 Å². The summed E-state index contributed by atoms with van der Waals surface area (Å²) in [5.41, 5.74) is 1.07. The molecule has 0 fully saturated rings. The maximum absolute atomic E-state index is 13.3. The number of aliphatic carboxylic acids is 1. The van der Waals surface area contributed by atoms with Gasteiger partial charge in [0.05, 0.1) is 6.42 Å². The zero-order valence-corrected chi connectivity index (χ0v) is 10.4. The summed E-state index contributed by atoms with van der Waals surface area (Å²) in [6.45, 7) is 0. The van der Waals surface area contributed by atoms with Gasteiger partial charge in [-0.2, -0.15) is 0 Å². The molecule has 1 N–H and O–H groups in total. The number of halogens is 3. The van der Waals surface area contributed by atoms with Crippen molar-refractivity contribution in [2.75, 3.05) is 0 Å². The molecule has 2 aromatic rings. The van der Waals surface area contributed by atoms with E-state index >= 15 is 0 Å². The molecule has 5 heteroatoms. The first-order chi connectivity index (χ1) is 8.95. The summed E-state index contributed by atoms with van der Waals surface area (Å²) in [7, 11) is 0. The number of rotatable bonds is 3. The van der Waals surface area contributed by atoms with E-state index in [-0.39, 0.29) is 11.4 Å². The third-order valence-corrected chi connectivity index (χ3v) is 2.81. The lowest BCUT2D eigenvalue weighted by molar-refractivity contribution is -0.136. The molecule has 0 aliphatic heterocycles. The molecule has 0 aliphatic carbocycles.